The summed E-state index contributed by atoms with van der Waals surface area (Å²) in [5.41, 5.74) is 3.28. The Kier molecular flexibility index (Phi) is 4.13. The Morgan fingerprint density at radius 1 is 1.18 bits per heavy atom. The minimum absolute atomic E-state index is 0.123. The Balaban J connectivity index is 1.52. The van der Waals surface area contributed by atoms with Crippen LogP contribution in [0.2, 0.25) is 0 Å². The quantitative estimate of drug-likeness (QED) is 0.815. The summed E-state index contributed by atoms with van der Waals surface area (Å²) >= 11 is 0. The van der Waals surface area contributed by atoms with Crippen molar-refractivity contribution in [3.63, 3.8) is 0 Å². The van der Waals surface area contributed by atoms with Gasteiger partial charge in [-0.15, -0.1) is 0 Å². The maximum absolute atomic E-state index is 14.8. The molecule has 5 atom stereocenters. The molecule has 2 aromatic carbocycles. The molecule has 1 aliphatic heterocycles. The summed E-state index contributed by atoms with van der Waals surface area (Å²) in [7, 11) is 1.56. The topological polar surface area (TPSA) is 30.5 Å². The van der Waals surface area contributed by atoms with E-state index in [1.54, 1.807) is 7.11 Å². The third kappa shape index (κ3) is 2.63. The van der Waals surface area contributed by atoms with Gasteiger partial charge in [0.05, 0.1) is 7.11 Å². The third-order valence-corrected chi connectivity index (χ3v) is 6.78. The fraction of sp³-hybridized carbons (Fsp3) is 0.478. The lowest BCUT2D eigenvalue weighted by molar-refractivity contribution is -0.135. The van der Waals surface area contributed by atoms with Gasteiger partial charge in [0.2, 0.25) is 0 Å². The number of hydrogen-bond acceptors (Lipinski definition) is 3. The molecule has 3 nitrogen and oxygen atoms in total. The Morgan fingerprint density at radius 2 is 1.96 bits per heavy atom. The second-order valence-electron chi connectivity index (χ2n) is 8.31. The molecule has 1 saturated carbocycles. The Labute approximate surface area is 164 Å². The van der Waals surface area contributed by atoms with Crippen molar-refractivity contribution in [2.75, 3.05) is 7.11 Å². The molecule has 0 bridgehead atoms. The molecule has 0 saturated heterocycles. The number of ether oxygens (including phenoxy) is 2. The molecule has 5 heteroatoms. The highest BCUT2D eigenvalue weighted by atomic mass is 19.3. The number of halogens is 2. The average molecular weight is 385 g/mol. The van der Waals surface area contributed by atoms with Crippen LogP contribution in [-0.2, 0) is 6.42 Å². The zero-order valence-electron chi connectivity index (χ0n) is 16.1. The van der Waals surface area contributed by atoms with Gasteiger partial charge in [0, 0.05) is 30.0 Å². The van der Waals surface area contributed by atoms with Crippen LogP contribution >= 0.6 is 0 Å². The summed E-state index contributed by atoms with van der Waals surface area (Å²) in [6.07, 6.45) is 0.120. The van der Waals surface area contributed by atoms with Crippen molar-refractivity contribution in [3.8, 4) is 11.5 Å². The van der Waals surface area contributed by atoms with Gasteiger partial charge >= 0.3 is 0 Å². The molecule has 1 heterocycles. The predicted molar refractivity (Wildman–Crippen MR) is 103 cm³/mol. The lowest BCUT2D eigenvalue weighted by Crippen LogP contribution is -2.54. The van der Waals surface area contributed by atoms with Crippen LogP contribution < -0.4 is 14.8 Å². The highest BCUT2D eigenvalue weighted by Crippen LogP contribution is 2.60. The zero-order chi connectivity index (χ0) is 19.5. The zero-order valence-corrected chi connectivity index (χ0v) is 16.1. The van der Waals surface area contributed by atoms with Crippen LogP contribution in [0.3, 0.4) is 0 Å². The van der Waals surface area contributed by atoms with E-state index < -0.39 is 12.0 Å². The molecule has 0 aromatic heterocycles. The van der Waals surface area contributed by atoms with Crippen LogP contribution in [0.15, 0.2) is 42.5 Å². The molecular formula is C23H25F2NO2. The summed E-state index contributed by atoms with van der Waals surface area (Å²) in [4.78, 5) is 0. The van der Waals surface area contributed by atoms with Crippen molar-refractivity contribution in [3.05, 3.63) is 59.2 Å². The molecule has 0 amide bonds. The summed E-state index contributed by atoms with van der Waals surface area (Å²) < 4.78 is 40.8. The van der Waals surface area contributed by atoms with E-state index in [4.69, 9.17) is 9.47 Å². The van der Waals surface area contributed by atoms with E-state index in [0.717, 1.165) is 17.5 Å². The van der Waals surface area contributed by atoms with E-state index in [1.807, 2.05) is 30.3 Å². The molecule has 0 spiro atoms. The second-order valence-corrected chi connectivity index (χ2v) is 8.31. The fourth-order valence-electron chi connectivity index (χ4n) is 5.45. The Bertz CT molecular complexity index is 886. The summed E-state index contributed by atoms with van der Waals surface area (Å²) in [6, 6.07) is 14.5. The van der Waals surface area contributed by atoms with Crippen LogP contribution in [0, 0.1) is 5.92 Å². The second kappa shape index (κ2) is 6.45. The van der Waals surface area contributed by atoms with Crippen LogP contribution in [-0.4, -0.2) is 25.2 Å². The number of rotatable bonds is 4. The largest absolute Gasteiger partial charge is 0.493 e. The van der Waals surface area contributed by atoms with Gasteiger partial charge in [-0.3, -0.25) is 0 Å². The van der Waals surface area contributed by atoms with E-state index in [2.05, 4.69) is 24.4 Å². The first kappa shape index (κ1) is 17.9. The van der Waals surface area contributed by atoms with Crippen molar-refractivity contribution in [2.45, 2.75) is 56.2 Å². The number of benzene rings is 2. The van der Waals surface area contributed by atoms with Crippen LogP contribution in [0.1, 0.15) is 48.4 Å². The number of alkyl halides is 2. The van der Waals surface area contributed by atoms with Gasteiger partial charge in [-0.05, 0) is 42.9 Å². The third-order valence-electron chi connectivity index (χ3n) is 6.78. The lowest BCUT2D eigenvalue weighted by Gasteiger charge is -2.45. The Morgan fingerprint density at radius 3 is 2.71 bits per heavy atom. The van der Waals surface area contributed by atoms with E-state index >= 15 is 0 Å². The molecule has 148 valence electrons. The molecule has 1 fully saturated rings. The first-order valence-corrected chi connectivity index (χ1v) is 10.0. The Hall–Kier alpha value is -2.14. The first-order chi connectivity index (χ1) is 13.5. The smallest absolute Gasteiger partial charge is 0.284 e. The maximum Gasteiger partial charge on any atom is 0.284 e. The SMILES string of the molecule is COc1ccc2c3c1O[C@H]1C3C(CCC1(F)F)[C@@H](NC(C)c1ccccc1)C2. The molecule has 0 radical (unpaired) electrons. The molecule has 2 aromatic rings. The first-order valence-electron chi connectivity index (χ1n) is 10.0. The average Bonchev–Trinajstić information content (AvgIpc) is 3.11. The minimum atomic E-state index is -2.81. The molecule has 1 N–H and O–H groups in total. The monoisotopic (exact) mass is 385 g/mol. The molecule has 3 aliphatic rings. The van der Waals surface area contributed by atoms with E-state index in [0.29, 0.717) is 17.9 Å². The molecular weight excluding hydrogens is 360 g/mol. The predicted octanol–water partition coefficient (Wildman–Crippen LogP) is 4.86. The molecule has 2 aliphatic carbocycles. The van der Waals surface area contributed by atoms with Gasteiger partial charge in [0.15, 0.2) is 17.6 Å². The van der Waals surface area contributed by atoms with E-state index in [-0.39, 0.29) is 30.3 Å². The molecule has 28 heavy (non-hydrogen) atoms. The van der Waals surface area contributed by atoms with Gasteiger partial charge in [-0.1, -0.05) is 36.4 Å². The van der Waals surface area contributed by atoms with Gasteiger partial charge in [-0.25, -0.2) is 8.78 Å². The van der Waals surface area contributed by atoms with Gasteiger partial charge in [0.25, 0.3) is 5.92 Å². The number of hydrogen-bond donors (Lipinski definition) is 1. The standard InChI is InChI=1S/C23H25F2NO2/c1-13(14-6-4-3-5-7-14)26-17-12-15-8-9-18(27-2)21-19(15)20-16(17)10-11-23(24,25)22(20)28-21/h3-9,13,16-17,20,22,26H,10-12H2,1-2H3/t13?,16?,17-,20?,22-/m0/s1. The lowest BCUT2D eigenvalue weighted by atomic mass is 9.64. The number of nitrogens with one attached hydrogen (secondary N) is 1. The molecule has 3 unspecified atom stereocenters. The maximum atomic E-state index is 14.8. The van der Waals surface area contributed by atoms with Crippen molar-refractivity contribution in [1.29, 1.82) is 0 Å². The van der Waals surface area contributed by atoms with Gasteiger partial charge in [0.1, 0.15) is 0 Å². The summed E-state index contributed by atoms with van der Waals surface area (Å²) in [6.45, 7) is 2.14. The van der Waals surface area contributed by atoms with Gasteiger partial charge < -0.3 is 14.8 Å². The van der Waals surface area contributed by atoms with Crippen LogP contribution in [0.25, 0.3) is 0 Å². The summed E-state index contributed by atoms with van der Waals surface area (Å²) in [5.74, 6) is -1.85. The van der Waals surface area contributed by atoms with Crippen LogP contribution in [0.4, 0.5) is 8.78 Å². The van der Waals surface area contributed by atoms with Crippen molar-refractivity contribution >= 4 is 0 Å². The van der Waals surface area contributed by atoms with Crippen molar-refractivity contribution in [2.24, 2.45) is 5.92 Å². The highest BCUT2D eigenvalue weighted by Gasteiger charge is 2.60. The van der Waals surface area contributed by atoms with Crippen molar-refractivity contribution < 1.29 is 18.3 Å². The van der Waals surface area contributed by atoms with Crippen molar-refractivity contribution in [1.82, 2.24) is 5.32 Å². The highest BCUT2D eigenvalue weighted by molar-refractivity contribution is 5.58. The van der Waals surface area contributed by atoms with Gasteiger partial charge in [-0.2, -0.15) is 0 Å². The minimum Gasteiger partial charge on any atom is -0.493 e. The number of methoxy groups -OCH3 is 1. The van der Waals surface area contributed by atoms with E-state index in [1.165, 1.54) is 5.56 Å². The normalized spacial score (nSPS) is 30.3. The van der Waals surface area contributed by atoms with E-state index in [9.17, 15) is 8.78 Å². The van der Waals surface area contributed by atoms with Crippen LogP contribution in [0.5, 0.6) is 11.5 Å². The molecule has 5 rings (SSSR count). The fourth-order valence-corrected chi connectivity index (χ4v) is 5.45. The summed E-state index contributed by atoms with van der Waals surface area (Å²) in [5, 5.41) is 3.74.